The lowest BCUT2D eigenvalue weighted by Gasteiger charge is -2.37. The molecule has 1 saturated heterocycles. The summed E-state index contributed by atoms with van der Waals surface area (Å²) in [7, 11) is 0. The lowest BCUT2D eigenvalue weighted by molar-refractivity contribution is -0.226. The van der Waals surface area contributed by atoms with Crippen LogP contribution < -0.4 is 0 Å². The van der Waals surface area contributed by atoms with Crippen molar-refractivity contribution in [3.8, 4) is 0 Å². The zero-order valence-electron chi connectivity index (χ0n) is 13.9. The molecular weight excluding hydrogens is 332 g/mol. The first-order valence-corrected chi connectivity index (χ1v) is 8.28. The number of aromatic nitrogens is 3. The lowest BCUT2D eigenvalue weighted by Crippen LogP contribution is -2.45. The molecule has 2 aromatic rings. The third-order valence-electron chi connectivity index (χ3n) is 4.45. The fraction of sp³-hybridized carbons (Fsp3) is 0.529. The van der Waals surface area contributed by atoms with Crippen molar-refractivity contribution in [2.45, 2.75) is 50.6 Å². The van der Waals surface area contributed by atoms with E-state index in [0.29, 0.717) is 13.0 Å². The first-order chi connectivity index (χ1) is 12.0. The Balaban J connectivity index is 1.91. The lowest BCUT2D eigenvalue weighted by atomic mass is 9.84. The van der Waals surface area contributed by atoms with Crippen molar-refractivity contribution < 1.29 is 23.4 Å². The molecule has 3 atom stereocenters. The molecule has 0 saturated carbocycles. The number of hydrogen-bond donors (Lipinski definition) is 2. The van der Waals surface area contributed by atoms with E-state index in [9.17, 15) is 13.9 Å². The van der Waals surface area contributed by atoms with E-state index in [1.165, 1.54) is 6.33 Å². The predicted molar refractivity (Wildman–Crippen MR) is 84.5 cm³/mol. The number of halogens is 2. The molecule has 0 bridgehead atoms. The SMILES string of the molecule is CC(OC1CCCCO1)C(O)(Cc1nc[nH]n1)c1cc(F)ccc1F. The first-order valence-electron chi connectivity index (χ1n) is 8.28. The van der Waals surface area contributed by atoms with Gasteiger partial charge in [0.05, 0.1) is 6.10 Å². The number of hydrogen-bond acceptors (Lipinski definition) is 5. The number of aliphatic hydroxyl groups is 1. The van der Waals surface area contributed by atoms with E-state index >= 15 is 0 Å². The molecule has 1 aromatic heterocycles. The highest BCUT2D eigenvalue weighted by Gasteiger charge is 2.42. The van der Waals surface area contributed by atoms with Crippen LogP contribution in [-0.2, 0) is 21.5 Å². The Bertz CT molecular complexity index is 692. The summed E-state index contributed by atoms with van der Waals surface area (Å²) >= 11 is 0. The van der Waals surface area contributed by atoms with Crippen molar-refractivity contribution in [1.82, 2.24) is 15.2 Å². The van der Waals surface area contributed by atoms with Crippen LogP contribution in [0.1, 0.15) is 37.6 Å². The summed E-state index contributed by atoms with van der Waals surface area (Å²) in [5.74, 6) is -1.10. The highest BCUT2D eigenvalue weighted by molar-refractivity contribution is 5.28. The second-order valence-electron chi connectivity index (χ2n) is 6.21. The van der Waals surface area contributed by atoms with Crippen LogP contribution in [0.2, 0.25) is 0 Å². The van der Waals surface area contributed by atoms with Gasteiger partial charge in [-0.05, 0) is 44.4 Å². The topological polar surface area (TPSA) is 80.3 Å². The Morgan fingerprint density at radius 3 is 2.96 bits per heavy atom. The maximum absolute atomic E-state index is 14.4. The average Bonchev–Trinajstić information content (AvgIpc) is 3.10. The van der Waals surface area contributed by atoms with E-state index in [1.54, 1.807) is 6.92 Å². The minimum Gasteiger partial charge on any atom is -0.382 e. The molecule has 8 heteroatoms. The second-order valence-corrected chi connectivity index (χ2v) is 6.21. The molecule has 0 amide bonds. The zero-order chi connectivity index (χ0) is 17.9. The van der Waals surface area contributed by atoms with Gasteiger partial charge in [-0.15, -0.1) is 0 Å². The molecular formula is C17H21F2N3O3. The standard InChI is InChI=1S/C17H21F2N3O3/c1-11(25-16-4-2-3-7-24-16)17(23,9-15-20-10-21-22-15)13-8-12(18)5-6-14(13)19/h5-6,8,10-11,16,23H,2-4,7,9H2,1H3,(H,20,21,22). The Morgan fingerprint density at radius 1 is 1.44 bits per heavy atom. The van der Waals surface area contributed by atoms with E-state index < -0.39 is 29.6 Å². The van der Waals surface area contributed by atoms with Gasteiger partial charge in [0.1, 0.15) is 23.6 Å². The van der Waals surface area contributed by atoms with Gasteiger partial charge in [-0.25, -0.2) is 13.8 Å². The Hall–Kier alpha value is -1.90. The molecule has 0 radical (unpaired) electrons. The smallest absolute Gasteiger partial charge is 0.158 e. The summed E-state index contributed by atoms with van der Waals surface area (Å²) in [6, 6.07) is 2.96. The quantitative estimate of drug-likeness (QED) is 0.834. The molecule has 0 aliphatic carbocycles. The second kappa shape index (κ2) is 7.55. The van der Waals surface area contributed by atoms with Crippen LogP contribution in [0.15, 0.2) is 24.5 Å². The van der Waals surface area contributed by atoms with Crippen LogP contribution in [0.5, 0.6) is 0 Å². The molecule has 1 aliphatic rings. The molecule has 136 valence electrons. The van der Waals surface area contributed by atoms with Gasteiger partial charge in [0, 0.05) is 18.6 Å². The van der Waals surface area contributed by atoms with Crippen molar-refractivity contribution in [3.63, 3.8) is 0 Å². The van der Waals surface area contributed by atoms with Gasteiger partial charge in [0.25, 0.3) is 0 Å². The van der Waals surface area contributed by atoms with E-state index in [-0.39, 0.29) is 17.8 Å². The van der Waals surface area contributed by atoms with E-state index in [4.69, 9.17) is 9.47 Å². The number of rotatable bonds is 6. The third-order valence-corrected chi connectivity index (χ3v) is 4.45. The van der Waals surface area contributed by atoms with Crippen molar-refractivity contribution in [2.24, 2.45) is 0 Å². The fourth-order valence-electron chi connectivity index (χ4n) is 3.01. The largest absolute Gasteiger partial charge is 0.382 e. The zero-order valence-corrected chi connectivity index (χ0v) is 13.9. The molecule has 2 N–H and O–H groups in total. The Morgan fingerprint density at radius 2 is 2.28 bits per heavy atom. The van der Waals surface area contributed by atoms with Gasteiger partial charge in [-0.1, -0.05) is 0 Å². The number of nitrogens with zero attached hydrogens (tertiary/aromatic N) is 2. The molecule has 0 spiro atoms. The number of nitrogens with one attached hydrogen (secondary N) is 1. The van der Waals surface area contributed by atoms with E-state index in [0.717, 1.165) is 31.0 Å². The van der Waals surface area contributed by atoms with Crippen LogP contribution in [-0.4, -0.2) is 39.3 Å². The third kappa shape index (κ3) is 4.02. The number of ether oxygens (including phenoxy) is 2. The van der Waals surface area contributed by atoms with E-state index in [1.807, 2.05) is 0 Å². The Kier molecular flexibility index (Phi) is 5.41. The molecule has 6 nitrogen and oxygen atoms in total. The number of benzene rings is 1. The van der Waals surface area contributed by atoms with Gasteiger partial charge in [-0.2, -0.15) is 5.10 Å². The van der Waals surface area contributed by atoms with Crippen LogP contribution >= 0.6 is 0 Å². The monoisotopic (exact) mass is 353 g/mol. The van der Waals surface area contributed by atoms with Crippen molar-refractivity contribution in [3.05, 3.63) is 47.5 Å². The molecule has 1 aromatic carbocycles. The van der Waals surface area contributed by atoms with E-state index in [2.05, 4.69) is 15.2 Å². The van der Waals surface area contributed by atoms with Crippen molar-refractivity contribution in [1.29, 1.82) is 0 Å². The molecule has 3 unspecified atom stereocenters. The molecule has 1 aliphatic heterocycles. The maximum Gasteiger partial charge on any atom is 0.158 e. The maximum atomic E-state index is 14.4. The van der Waals surface area contributed by atoms with Gasteiger partial charge < -0.3 is 14.6 Å². The van der Waals surface area contributed by atoms with Gasteiger partial charge in [-0.3, -0.25) is 5.10 Å². The van der Waals surface area contributed by atoms with Crippen LogP contribution in [0.3, 0.4) is 0 Å². The minimum absolute atomic E-state index is 0.134. The highest BCUT2D eigenvalue weighted by Crippen LogP contribution is 2.34. The highest BCUT2D eigenvalue weighted by atomic mass is 19.1. The van der Waals surface area contributed by atoms with Crippen molar-refractivity contribution >= 4 is 0 Å². The molecule has 2 heterocycles. The molecule has 1 fully saturated rings. The fourth-order valence-corrected chi connectivity index (χ4v) is 3.01. The molecule has 3 rings (SSSR count). The summed E-state index contributed by atoms with van der Waals surface area (Å²) in [5, 5.41) is 17.7. The first kappa shape index (κ1) is 17.9. The summed E-state index contributed by atoms with van der Waals surface area (Å²) in [6.45, 7) is 2.18. The van der Waals surface area contributed by atoms with Crippen molar-refractivity contribution in [2.75, 3.05) is 6.61 Å². The predicted octanol–water partition coefficient (Wildman–Crippen LogP) is 2.44. The van der Waals surface area contributed by atoms with Gasteiger partial charge in [0.2, 0.25) is 0 Å². The van der Waals surface area contributed by atoms with Crippen LogP contribution in [0, 0.1) is 11.6 Å². The minimum atomic E-state index is -1.85. The summed E-state index contributed by atoms with van der Waals surface area (Å²) in [6.07, 6.45) is 2.45. The van der Waals surface area contributed by atoms with Gasteiger partial charge in [0.15, 0.2) is 12.1 Å². The molecule has 25 heavy (non-hydrogen) atoms. The Labute approximate surface area is 144 Å². The number of aromatic amines is 1. The van der Waals surface area contributed by atoms with Crippen LogP contribution in [0.4, 0.5) is 8.78 Å². The van der Waals surface area contributed by atoms with Crippen LogP contribution in [0.25, 0.3) is 0 Å². The summed E-state index contributed by atoms with van der Waals surface area (Å²) < 4.78 is 39.4. The normalized spacial score (nSPS) is 21.7. The summed E-state index contributed by atoms with van der Waals surface area (Å²) in [4.78, 5) is 3.98. The van der Waals surface area contributed by atoms with Gasteiger partial charge >= 0.3 is 0 Å². The number of H-pyrrole nitrogens is 1. The summed E-state index contributed by atoms with van der Waals surface area (Å²) in [5.41, 5.74) is -2.05. The average molecular weight is 353 g/mol.